The van der Waals surface area contributed by atoms with Crippen LogP contribution in [0.2, 0.25) is 0 Å². The Bertz CT molecular complexity index is 327. The lowest BCUT2D eigenvalue weighted by atomic mass is 10.3. The van der Waals surface area contributed by atoms with Gasteiger partial charge >= 0.3 is 0 Å². The Morgan fingerprint density at radius 3 is 2.71 bits per heavy atom. The molecule has 0 aromatic rings. The van der Waals surface area contributed by atoms with Gasteiger partial charge in [-0.2, -0.15) is 9.57 Å². The minimum absolute atomic E-state index is 0.00389. The summed E-state index contributed by atoms with van der Waals surface area (Å²) in [4.78, 5) is 0. The number of hydrogen-bond acceptors (Lipinski definition) is 4. The summed E-state index contributed by atoms with van der Waals surface area (Å²) in [5, 5.41) is 10.7. The Labute approximate surface area is 84.8 Å². The molecule has 1 N–H and O–H groups in total. The van der Waals surface area contributed by atoms with Gasteiger partial charge in [0.15, 0.2) is 5.25 Å². The molecule has 6 heteroatoms. The molecular formula is C8H15N3O2S. The maximum atomic E-state index is 11.7. The molecule has 0 amide bonds. The maximum absolute atomic E-state index is 11.7. The van der Waals surface area contributed by atoms with Crippen LogP contribution in [0.3, 0.4) is 0 Å². The van der Waals surface area contributed by atoms with E-state index in [1.165, 1.54) is 11.2 Å². The van der Waals surface area contributed by atoms with Gasteiger partial charge in [-0.25, -0.2) is 8.42 Å². The molecule has 1 aliphatic rings. The normalized spacial score (nSPS) is 24.9. The van der Waals surface area contributed by atoms with Crippen LogP contribution in [0.15, 0.2) is 0 Å². The summed E-state index contributed by atoms with van der Waals surface area (Å²) >= 11 is 0. The van der Waals surface area contributed by atoms with Crippen molar-refractivity contribution < 1.29 is 8.42 Å². The average Bonchev–Trinajstić information content (AvgIpc) is 2.67. The predicted molar refractivity (Wildman–Crippen MR) is 53.0 cm³/mol. The molecule has 80 valence electrons. The van der Waals surface area contributed by atoms with Crippen LogP contribution in [-0.4, -0.2) is 44.2 Å². The average molecular weight is 217 g/mol. The number of hydrogen-bond donors (Lipinski definition) is 1. The van der Waals surface area contributed by atoms with E-state index in [0.717, 1.165) is 13.0 Å². The monoisotopic (exact) mass is 217 g/mol. The van der Waals surface area contributed by atoms with Crippen LogP contribution in [-0.2, 0) is 10.0 Å². The van der Waals surface area contributed by atoms with Crippen molar-refractivity contribution in [1.29, 1.82) is 5.26 Å². The van der Waals surface area contributed by atoms with Gasteiger partial charge in [0.25, 0.3) is 0 Å². The van der Waals surface area contributed by atoms with Crippen LogP contribution in [0.4, 0.5) is 0 Å². The maximum Gasteiger partial charge on any atom is 0.230 e. The van der Waals surface area contributed by atoms with E-state index in [-0.39, 0.29) is 6.04 Å². The second-order valence-electron chi connectivity index (χ2n) is 3.48. The Morgan fingerprint density at radius 1 is 1.64 bits per heavy atom. The van der Waals surface area contributed by atoms with E-state index in [9.17, 15) is 8.42 Å². The van der Waals surface area contributed by atoms with E-state index in [4.69, 9.17) is 5.26 Å². The number of nitrogens with zero attached hydrogens (tertiary/aromatic N) is 2. The highest BCUT2D eigenvalue weighted by Gasteiger charge is 2.32. The molecular weight excluding hydrogens is 202 g/mol. The van der Waals surface area contributed by atoms with Gasteiger partial charge in [0.1, 0.15) is 0 Å². The van der Waals surface area contributed by atoms with Gasteiger partial charge in [-0.05, 0) is 19.9 Å². The van der Waals surface area contributed by atoms with Crippen molar-refractivity contribution in [1.82, 2.24) is 9.62 Å². The largest absolute Gasteiger partial charge is 0.315 e. The Kier molecular flexibility index (Phi) is 3.48. The first kappa shape index (κ1) is 11.4. The van der Waals surface area contributed by atoms with Crippen LogP contribution in [0.5, 0.6) is 0 Å². The molecule has 1 rings (SSSR count). The molecule has 1 heterocycles. The van der Waals surface area contributed by atoms with Crippen molar-refractivity contribution >= 4 is 10.0 Å². The van der Waals surface area contributed by atoms with Gasteiger partial charge in [0.2, 0.25) is 10.0 Å². The fraction of sp³-hybridized carbons (Fsp3) is 0.875. The van der Waals surface area contributed by atoms with Gasteiger partial charge < -0.3 is 5.32 Å². The molecule has 1 saturated heterocycles. The number of sulfonamides is 1. The lowest BCUT2D eigenvalue weighted by Crippen LogP contribution is -2.42. The zero-order valence-corrected chi connectivity index (χ0v) is 9.21. The standard InChI is InChI=1S/C8H15N3O2S/c1-7(5-9)14(12,13)11(2)8-3-4-10-6-8/h7-8,10H,3-4,6H2,1-2H3. The molecule has 0 aromatic carbocycles. The molecule has 1 aliphatic heterocycles. The second kappa shape index (κ2) is 4.26. The summed E-state index contributed by atoms with van der Waals surface area (Å²) in [6.07, 6.45) is 0.813. The Hall–Kier alpha value is -0.640. The van der Waals surface area contributed by atoms with E-state index in [1.54, 1.807) is 13.1 Å². The molecule has 0 spiro atoms. The molecule has 0 saturated carbocycles. The Morgan fingerprint density at radius 2 is 2.29 bits per heavy atom. The smallest absolute Gasteiger partial charge is 0.230 e. The van der Waals surface area contributed by atoms with Gasteiger partial charge in [-0.1, -0.05) is 0 Å². The van der Waals surface area contributed by atoms with Crippen molar-refractivity contribution in [2.24, 2.45) is 0 Å². The molecule has 14 heavy (non-hydrogen) atoms. The molecule has 0 bridgehead atoms. The number of rotatable bonds is 3. The Balaban J connectivity index is 2.77. The van der Waals surface area contributed by atoms with E-state index in [0.29, 0.717) is 6.54 Å². The minimum Gasteiger partial charge on any atom is -0.315 e. The van der Waals surface area contributed by atoms with E-state index >= 15 is 0 Å². The van der Waals surface area contributed by atoms with Crippen molar-refractivity contribution in [3.05, 3.63) is 0 Å². The van der Waals surface area contributed by atoms with Crippen LogP contribution in [0.25, 0.3) is 0 Å². The van der Waals surface area contributed by atoms with Crippen molar-refractivity contribution in [2.75, 3.05) is 20.1 Å². The zero-order chi connectivity index (χ0) is 10.8. The first-order chi connectivity index (χ1) is 6.50. The van der Waals surface area contributed by atoms with Crippen LogP contribution >= 0.6 is 0 Å². The van der Waals surface area contributed by atoms with E-state index in [1.807, 2.05) is 0 Å². The third kappa shape index (κ3) is 2.05. The number of nitriles is 1. The summed E-state index contributed by atoms with van der Waals surface area (Å²) in [6.45, 7) is 2.92. The minimum atomic E-state index is -3.44. The van der Waals surface area contributed by atoms with Crippen LogP contribution in [0.1, 0.15) is 13.3 Å². The fourth-order valence-corrected chi connectivity index (χ4v) is 2.70. The summed E-state index contributed by atoms with van der Waals surface area (Å²) in [7, 11) is -1.90. The SMILES string of the molecule is CC(C#N)S(=O)(=O)N(C)C1CCNC1. The third-order valence-corrected chi connectivity index (χ3v) is 4.68. The zero-order valence-electron chi connectivity index (χ0n) is 8.40. The van der Waals surface area contributed by atoms with E-state index < -0.39 is 15.3 Å². The van der Waals surface area contributed by atoms with Crippen molar-refractivity contribution in [3.63, 3.8) is 0 Å². The van der Waals surface area contributed by atoms with Crippen molar-refractivity contribution in [2.45, 2.75) is 24.6 Å². The third-order valence-electron chi connectivity index (χ3n) is 2.58. The molecule has 0 aromatic heterocycles. The van der Waals surface area contributed by atoms with Gasteiger partial charge in [-0.3, -0.25) is 0 Å². The highest BCUT2D eigenvalue weighted by molar-refractivity contribution is 7.89. The summed E-state index contributed by atoms with van der Waals surface area (Å²) in [6, 6.07) is 1.76. The fourth-order valence-electron chi connectivity index (χ4n) is 1.47. The number of likely N-dealkylation sites (N-methyl/N-ethyl adjacent to an activating group) is 1. The molecule has 0 radical (unpaired) electrons. The molecule has 5 nitrogen and oxygen atoms in total. The topological polar surface area (TPSA) is 73.2 Å². The first-order valence-electron chi connectivity index (χ1n) is 4.57. The van der Waals surface area contributed by atoms with Gasteiger partial charge in [0.05, 0.1) is 6.07 Å². The lowest BCUT2D eigenvalue weighted by molar-refractivity contribution is 0.385. The molecule has 0 aliphatic carbocycles. The highest BCUT2D eigenvalue weighted by atomic mass is 32.2. The number of nitrogens with one attached hydrogen (secondary N) is 1. The summed E-state index contributed by atoms with van der Waals surface area (Å²) in [5.74, 6) is 0. The quantitative estimate of drug-likeness (QED) is 0.693. The van der Waals surface area contributed by atoms with E-state index in [2.05, 4.69) is 5.32 Å². The van der Waals surface area contributed by atoms with Gasteiger partial charge in [0, 0.05) is 19.6 Å². The highest BCUT2D eigenvalue weighted by Crippen LogP contribution is 2.14. The second-order valence-corrected chi connectivity index (χ2v) is 5.79. The lowest BCUT2D eigenvalue weighted by Gasteiger charge is -2.23. The van der Waals surface area contributed by atoms with Crippen molar-refractivity contribution in [3.8, 4) is 6.07 Å². The van der Waals surface area contributed by atoms with Gasteiger partial charge in [-0.15, -0.1) is 0 Å². The first-order valence-corrected chi connectivity index (χ1v) is 6.07. The predicted octanol–water partition coefficient (Wildman–Crippen LogP) is -0.478. The molecule has 1 fully saturated rings. The molecule has 2 atom stereocenters. The molecule has 2 unspecified atom stereocenters. The van der Waals surface area contributed by atoms with Crippen LogP contribution < -0.4 is 5.32 Å². The summed E-state index contributed by atoms with van der Waals surface area (Å²) in [5.41, 5.74) is 0. The van der Waals surface area contributed by atoms with Crippen LogP contribution in [0, 0.1) is 11.3 Å². The summed E-state index contributed by atoms with van der Waals surface area (Å²) < 4.78 is 24.8.